The fourth-order valence-electron chi connectivity index (χ4n) is 6.72. The molecule has 3 heterocycles. The number of nitrogens with zero attached hydrogens (tertiary/aromatic N) is 7. The molecule has 2 amide bonds. The van der Waals surface area contributed by atoms with E-state index in [1.165, 1.54) is 32.1 Å². The topological polar surface area (TPSA) is 197 Å². The van der Waals surface area contributed by atoms with Crippen LogP contribution in [0, 0.1) is 0 Å². The molecular weight excluding hydrogens is 638 g/mol. The molecule has 2 aromatic heterocycles. The number of aliphatic carboxylic acids is 1. The van der Waals surface area contributed by atoms with Gasteiger partial charge in [0.25, 0.3) is 0 Å². The van der Waals surface area contributed by atoms with Crippen LogP contribution in [0.3, 0.4) is 0 Å². The molecule has 0 bridgehead atoms. The van der Waals surface area contributed by atoms with Crippen LogP contribution < -0.4 is 21.7 Å². The highest BCUT2D eigenvalue weighted by molar-refractivity contribution is 5.90. The van der Waals surface area contributed by atoms with Crippen LogP contribution in [-0.4, -0.2) is 109 Å². The number of hydrogen-bond acceptors (Lipinski definition) is 11. The molecule has 50 heavy (non-hydrogen) atoms. The number of carboxylic acid groups (broad SMARTS) is 1. The number of carboxylic acids is 1. The Morgan fingerprint density at radius 1 is 1.02 bits per heavy atom. The zero-order chi connectivity index (χ0) is 35.3. The quantitative estimate of drug-likeness (QED) is 0.123. The summed E-state index contributed by atoms with van der Waals surface area (Å²) >= 11 is 0. The third kappa shape index (κ3) is 11.1. The van der Waals surface area contributed by atoms with Gasteiger partial charge < -0.3 is 36.6 Å². The first kappa shape index (κ1) is 36.9. The Morgan fingerprint density at radius 2 is 1.78 bits per heavy atom. The molecule has 1 aliphatic carbocycles. The number of nitrogens with one attached hydrogen (secondary N) is 3. The van der Waals surface area contributed by atoms with E-state index in [2.05, 4.69) is 26.3 Å². The van der Waals surface area contributed by atoms with Gasteiger partial charge in [-0.1, -0.05) is 36.6 Å². The van der Waals surface area contributed by atoms with Crippen LogP contribution in [-0.2, 0) is 27.5 Å². The van der Waals surface area contributed by atoms with Crippen LogP contribution in [0.5, 0.6) is 0 Å². The van der Waals surface area contributed by atoms with Gasteiger partial charge in [-0.25, -0.2) is 4.98 Å². The minimum absolute atomic E-state index is 0.0675. The minimum atomic E-state index is -1.09. The molecular formula is C35H53N11O4. The molecule has 3 aromatic rings. The fraction of sp³-hybridized carbons (Fsp3) is 0.629. The summed E-state index contributed by atoms with van der Waals surface area (Å²) in [5.74, 6) is 0.135. The van der Waals surface area contributed by atoms with E-state index in [4.69, 9.17) is 20.8 Å². The molecule has 1 saturated carbocycles. The molecule has 2 aliphatic rings. The third-order valence-corrected chi connectivity index (χ3v) is 9.70. The van der Waals surface area contributed by atoms with Crippen molar-refractivity contribution in [3.05, 3.63) is 36.2 Å². The molecule has 1 saturated heterocycles. The second-order valence-electron chi connectivity index (χ2n) is 13.5. The fourth-order valence-corrected chi connectivity index (χ4v) is 6.72. The van der Waals surface area contributed by atoms with Gasteiger partial charge in [-0.05, 0) is 63.6 Å². The maximum absolute atomic E-state index is 12.6. The van der Waals surface area contributed by atoms with Crippen LogP contribution in [0.2, 0.25) is 0 Å². The van der Waals surface area contributed by atoms with Crippen molar-refractivity contribution in [2.45, 2.75) is 109 Å². The van der Waals surface area contributed by atoms with Gasteiger partial charge in [0.1, 0.15) is 17.6 Å². The molecule has 1 aliphatic heterocycles. The van der Waals surface area contributed by atoms with Gasteiger partial charge in [0.15, 0.2) is 0 Å². The number of rotatable bonds is 18. The molecule has 0 radical (unpaired) electrons. The van der Waals surface area contributed by atoms with E-state index in [1.54, 1.807) is 11.8 Å². The predicted molar refractivity (Wildman–Crippen MR) is 191 cm³/mol. The summed E-state index contributed by atoms with van der Waals surface area (Å²) in [6, 6.07) is 7.55. The number of carbonyl (C=O) groups excluding carboxylic acids is 2. The molecule has 1 atom stereocenters. The minimum Gasteiger partial charge on any atom is -0.480 e. The largest absolute Gasteiger partial charge is 0.480 e. The van der Waals surface area contributed by atoms with Crippen molar-refractivity contribution in [3.63, 3.8) is 0 Å². The van der Waals surface area contributed by atoms with Crippen molar-refractivity contribution in [1.29, 1.82) is 0 Å². The smallest absolute Gasteiger partial charge is 0.320 e. The number of para-hydroxylation sites is 1. The first-order valence-corrected chi connectivity index (χ1v) is 18.2. The summed E-state index contributed by atoms with van der Waals surface area (Å²) in [7, 11) is 0. The van der Waals surface area contributed by atoms with Crippen LogP contribution in [0.4, 0.5) is 11.8 Å². The highest BCUT2D eigenvalue weighted by Gasteiger charge is 2.25. The molecule has 2 fully saturated rings. The highest BCUT2D eigenvalue weighted by atomic mass is 16.4. The molecule has 0 unspecified atom stereocenters. The lowest BCUT2D eigenvalue weighted by molar-refractivity contribution is -0.139. The zero-order valence-corrected chi connectivity index (χ0v) is 29.2. The SMILES string of the molecule is CC(=O)N(CCCNC1CCCCC1)CCCn1cc(CNc2nc(NC3CCN(C(=O)CC[C@H](N)C(=O)O)CC3)c3ccccc3n2)nn1. The lowest BCUT2D eigenvalue weighted by Gasteiger charge is -2.33. The Kier molecular flexibility index (Phi) is 13.7. The molecule has 6 N–H and O–H groups in total. The number of piperidine rings is 1. The number of hydrogen-bond donors (Lipinski definition) is 5. The number of amides is 2. The van der Waals surface area contributed by atoms with Crippen LogP contribution in [0.15, 0.2) is 30.5 Å². The van der Waals surface area contributed by atoms with E-state index in [9.17, 15) is 14.4 Å². The lowest BCUT2D eigenvalue weighted by Crippen LogP contribution is -2.43. The van der Waals surface area contributed by atoms with Crippen molar-refractivity contribution in [2.24, 2.45) is 5.73 Å². The Morgan fingerprint density at radius 3 is 2.54 bits per heavy atom. The first-order chi connectivity index (χ1) is 24.2. The molecule has 1 aromatic carbocycles. The summed E-state index contributed by atoms with van der Waals surface area (Å²) in [5.41, 5.74) is 7.13. The maximum Gasteiger partial charge on any atom is 0.320 e. The van der Waals surface area contributed by atoms with Crippen molar-refractivity contribution in [2.75, 3.05) is 43.4 Å². The van der Waals surface area contributed by atoms with Crippen LogP contribution >= 0.6 is 0 Å². The molecule has 0 spiro atoms. The van der Waals surface area contributed by atoms with Crippen molar-refractivity contribution in [3.8, 4) is 0 Å². The second kappa shape index (κ2) is 18.6. The van der Waals surface area contributed by atoms with E-state index in [-0.39, 0.29) is 30.7 Å². The lowest BCUT2D eigenvalue weighted by atomic mass is 9.95. The summed E-state index contributed by atoms with van der Waals surface area (Å²) in [4.78, 5) is 49.0. The summed E-state index contributed by atoms with van der Waals surface area (Å²) < 4.78 is 1.81. The monoisotopic (exact) mass is 691 g/mol. The average molecular weight is 692 g/mol. The summed E-state index contributed by atoms with van der Waals surface area (Å²) in [5, 5.41) is 29.0. The number of fused-ring (bicyclic) bond motifs is 1. The van der Waals surface area contributed by atoms with Crippen molar-refractivity contribution >= 4 is 40.5 Å². The van der Waals surface area contributed by atoms with Crippen molar-refractivity contribution in [1.82, 2.24) is 40.1 Å². The van der Waals surface area contributed by atoms with Gasteiger partial charge in [-0.2, -0.15) is 4.98 Å². The third-order valence-electron chi connectivity index (χ3n) is 9.70. The van der Waals surface area contributed by atoms with Crippen LogP contribution in [0.25, 0.3) is 10.9 Å². The maximum atomic E-state index is 12.6. The normalized spacial score (nSPS) is 16.3. The van der Waals surface area contributed by atoms with E-state index in [0.717, 1.165) is 61.2 Å². The van der Waals surface area contributed by atoms with Gasteiger partial charge >= 0.3 is 5.97 Å². The average Bonchev–Trinajstić information content (AvgIpc) is 3.58. The Balaban J connectivity index is 1.07. The number of nitrogens with two attached hydrogens (primary N) is 1. The molecule has 5 rings (SSSR count). The number of aromatic nitrogens is 5. The summed E-state index contributed by atoms with van der Waals surface area (Å²) in [6.07, 6.45) is 11.9. The second-order valence-corrected chi connectivity index (χ2v) is 13.5. The van der Waals surface area contributed by atoms with E-state index < -0.39 is 12.0 Å². The number of anilines is 2. The van der Waals surface area contributed by atoms with Gasteiger partial charge in [-0.3, -0.25) is 19.1 Å². The number of benzene rings is 1. The number of aryl methyl sites for hydroxylation is 1. The Bertz CT molecular complexity index is 1550. The van der Waals surface area contributed by atoms with Gasteiger partial charge in [0.2, 0.25) is 17.8 Å². The number of likely N-dealkylation sites (tertiary alicyclic amines) is 1. The highest BCUT2D eigenvalue weighted by Crippen LogP contribution is 2.25. The molecule has 272 valence electrons. The number of carbonyl (C=O) groups is 3. The summed E-state index contributed by atoms with van der Waals surface area (Å²) in [6.45, 7) is 6.25. The predicted octanol–water partition coefficient (Wildman–Crippen LogP) is 2.98. The Hall–Kier alpha value is -4.37. The van der Waals surface area contributed by atoms with Gasteiger partial charge in [0.05, 0.1) is 18.3 Å². The zero-order valence-electron chi connectivity index (χ0n) is 29.2. The van der Waals surface area contributed by atoms with Crippen LogP contribution in [0.1, 0.15) is 83.2 Å². The van der Waals surface area contributed by atoms with Gasteiger partial charge in [0, 0.05) is 63.5 Å². The van der Waals surface area contributed by atoms with E-state index >= 15 is 0 Å². The standard InChI is InChI=1S/C35H53N11O4/c1-25(47)44(18-7-17-37-26-9-3-2-4-10-26)19-8-20-46-24-28(42-43-46)23-38-35-40-31-12-6-5-11-29(31)33(41-35)39-27-15-21-45(22-16-27)32(48)14-13-30(36)34(49)50/h5-6,11-12,24,26-27,30,37H,2-4,7-10,13-23,36H2,1H3,(H,49,50)(H2,38,39,40,41)/t30-/m0/s1. The molecule has 15 heteroatoms. The van der Waals surface area contributed by atoms with E-state index in [0.29, 0.717) is 44.7 Å². The molecule has 15 nitrogen and oxygen atoms in total. The van der Waals surface area contributed by atoms with Gasteiger partial charge in [-0.15, -0.1) is 5.10 Å². The first-order valence-electron chi connectivity index (χ1n) is 18.2. The van der Waals surface area contributed by atoms with E-state index in [1.807, 2.05) is 40.0 Å². The van der Waals surface area contributed by atoms with Crippen molar-refractivity contribution < 1.29 is 19.5 Å². The Labute approximate surface area is 293 Å².